The first-order valence-corrected chi connectivity index (χ1v) is 9.07. The third-order valence-corrected chi connectivity index (χ3v) is 5.95. The summed E-state index contributed by atoms with van der Waals surface area (Å²) >= 11 is 0. The van der Waals surface area contributed by atoms with Crippen LogP contribution in [0.5, 0.6) is 0 Å². The van der Waals surface area contributed by atoms with Gasteiger partial charge in [-0.05, 0) is 39.5 Å². The Morgan fingerprint density at radius 2 is 1.90 bits per heavy atom. The van der Waals surface area contributed by atoms with Crippen molar-refractivity contribution in [2.45, 2.75) is 58.7 Å². The van der Waals surface area contributed by atoms with Crippen LogP contribution in [-0.2, 0) is 27.9 Å². The SMILES string of the molecule is CCOP(=O)(OCC)C(C)C(=O)OC1CC(C)CCC1=O. The standard InChI is InChI=1S/C14H25O6P/c1-5-18-21(17,19-6-2)11(4)14(16)20-13-9-10(3)7-8-12(13)15/h10-11,13H,5-9H2,1-4H3. The van der Waals surface area contributed by atoms with E-state index in [0.717, 1.165) is 6.42 Å². The van der Waals surface area contributed by atoms with Crippen molar-refractivity contribution in [1.29, 1.82) is 0 Å². The molecule has 0 aliphatic heterocycles. The number of carbonyl (C=O) groups is 2. The molecular weight excluding hydrogens is 295 g/mol. The van der Waals surface area contributed by atoms with Crippen molar-refractivity contribution >= 4 is 19.3 Å². The number of carbonyl (C=O) groups excluding carboxylic acids is 2. The summed E-state index contributed by atoms with van der Waals surface area (Å²) in [6.45, 7) is 7.17. The zero-order valence-electron chi connectivity index (χ0n) is 13.2. The summed E-state index contributed by atoms with van der Waals surface area (Å²) in [4.78, 5) is 23.9. The van der Waals surface area contributed by atoms with E-state index in [1.807, 2.05) is 6.92 Å². The molecule has 1 saturated carbocycles. The Morgan fingerprint density at radius 3 is 2.43 bits per heavy atom. The lowest BCUT2D eigenvalue weighted by atomic mass is 9.88. The van der Waals surface area contributed by atoms with Gasteiger partial charge in [0.1, 0.15) is 0 Å². The predicted molar refractivity (Wildman–Crippen MR) is 78.2 cm³/mol. The Bertz CT molecular complexity index is 412. The van der Waals surface area contributed by atoms with Crippen LogP contribution in [0.4, 0.5) is 0 Å². The van der Waals surface area contributed by atoms with E-state index in [1.54, 1.807) is 13.8 Å². The quantitative estimate of drug-likeness (QED) is 0.530. The van der Waals surface area contributed by atoms with Crippen LogP contribution >= 0.6 is 7.60 Å². The number of hydrogen-bond donors (Lipinski definition) is 0. The highest BCUT2D eigenvalue weighted by Crippen LogP contribution is 2.53. The van der Waals surface area contributed by atoms with Gasteiger partial charge in [-0.25, -0.2) is 0 Å². The van der Waals surface area contributed by atoms with E-state index in [0.29, 0.717) is 18.8 Å². The fraction of sp³-hybridized carbons (Fsp3) is 0.857. The molecule has 0 heterocycles. The van der Waals surface area contributed by atoms with Crippen molar-refractivity contribution in [1.82, 2.24) is 0 Å². The third kappa shape index (κ3) is 4.90. The zero-order valence-corrected chi connectivity index (χ0v) is 14.1. The van der Waals surface area contributed by atoms with Gasteiger partial charge in [0.25, 0.3) is 0 Å². The molecule has 7 heteroatoms. The maximum atomic E-state index is 12.5. The Labute approximate surface area is 126 Å². The first-order valence-electron chi connectivity index (χ1n) is 7.46. The summed E-state index contributed by atoms with van der Waals surface area (Å²) in [5.41, 5.74) is -1.04. The van der Waals surface area contributed by atoms with Crippen LogP contribution in [0.15, 0.2) is 0 Å². The molecule has 1 rings (SSSR count). The molecule has 0 aromatic carbocycles. The molecular formula is C14H25O6P. The molecule has 0 N–H and O–H groups in total. The Morgan fingerprint density at radius 1 is 1.33 bits per heavy atom. The van der Waals surface area contributed by atoms with Gasteiger partial charge in [-0.2, -0.15) is 0 Å². The molecule has 122 valence electrons. The number of hydrogen-bond acceptors (Lipinski definition) is 6. The normalized spacial score (nSPS) is 24.7. The van der Waals surface area contributed by atoms with E-state index in [-0.39, 0.29) is 19.0 Å². The van der Waals surface area contributed by atoms with Gasteiger partial charge in [0.15, 0.2) is 17.5 Å². The summed E-state index contributed by atoms with van der Waals surface area (Å²) in [6.07, 6.45) is 1.02. The molecule has 6 nitrogen and oxygen atoms in total. The van der Waals surface area contributed by atoms with Crippen LogP contribution < -0.4 is 0 Å². The van der Waals surface area contributed by atoms with Crippen molar-refractivity contribution < 1.29 is 27.9 Å². The van der Waals surface area contributed by atoms with Crippen molar-refractivity contribution in [3.63, 3.8) is 0 Å². The van der Waals surface area contributed by atoms with Gasteiger partial charge in [-0.15, -0.1) is 0 Å². The maximum absolute atomic E-state index is 12.5. The summed E-state index contributed by atoms with van der Waals surface area (Å²) in [7, 11) is -3.55. The third-order valence-electron chi connectivity index (χ3n) is 3.55. The Kier molecular flexibility index (Phi) is 7.04. The average molecular weight is 320 g/mol. The number of rotatable bonds is 7. The van der Waals surface area contributed by atoms with E-state index >= 15 is 0 Å². The minimum atomic E-state index is -3.55. The van der Waals surface area contributed by atoms with Crippen LogP contribution in [0, 0.1) is 5.92 Å². The first kappa shape index (κ1) is 18.3. The lowest BCUT2D eigenvalue weighted by molar-refractivity contribution is -0.157. The second-order valence-electron chi connectivity index (χ2n) is 5.32. The zero-order chi connectivity index (χ0) is 16.0. The molecule has 0 radical (unpaired) electrons. The molecule has 3 unspecified atom stereocenters. The minimum absolute atomic E-state index is 0.0729. The number of esters is 1. The van der Waals surface area contributed by atoms with Gasteiger partial charge in [-0.1, -0.05) is 6.92 Å². The monoisotopic (exact) mass is 320 g/mol. The van der Waals surface area contributed by atoms with Crippen LogP contribution in [0.1, 0.15) is 47.0 Å². The smallest absolute Gasteiger partial charge is 0.344 e. The van der Waals surface area contributed by atoms with Crippen LogP contribution in [0.3, 0.4) is 0 Å². The van der Waals surface area contributed by atoms with E-state index in [4.69, 9.17) is 13.8 Å². The largest absolute Gasteiger partial charge is 0.454 e. The van der Waals surface area contributed by atoms with Crippen molar-refractivity contribution in [2.75, 3.05) is 13.2 Å². The molecule has 1 fully saturated rings. The summed E-state index contributed by atoms with van der Waals surface area (Å²) in [5, 5.41) is 0. The molecule has 1 aliphatic rings. The van der Waals surface area contributed by atoms with Crippen LogP contribution in [0.25, 0.3) is 0 Å². The van der Waals surface area contributed by atoms with Crippen LogP contribution in [-0.4, -0.2) is 36.7 Å². The van der Waals surface area contributed by atoms with Crippen molar-refractivity contribution in [3.8, 4) is 0 Å². The average Bonchev–Trinajstić information content (AvgIpc) is 2.42. The second-order valence-corrected chi connectivity index (χ2v) is 7.69. The fourth-order valence-electron chi connectivity index (χ4n) is 2.27. The molecule has 0 aromatic heterocycles. The summed E-state index contributed by atoms with van der Waals surface area (Å²) in [6, 6.07) is 0. The van der Waals surface area contributed by atoms with Crippen molar-refractivity contribution in [3.05, 3.63) is 0 Å². The first-order chi connectivity index (χ1) is 9.84. The molecule has 0 aromatic rings. The molecule has 1 aliphatic carbocycles. The molecule has 0 amide bonds. The Balaban J connectivity index is 2.72. The highest BCUT2D eigenvalue weighted by Gasteiger charge is 2.40. The van der Waals surface area contributed by atoms with Gasteiger partial charge in [-0.3, -0.25) is 14.2 Å². The van der Waals surface area contributed by atoms with Gasteiger partial charge >= 0.3 is 13.6 Å². The lowest BCUT2D eigenvalue weighted by Crippen LogP contribution is -2.36. The van der Waals surface area contributed by atoms with E-state index < -0.39 is 25.3 Å². The van der Waals surface area contributed by atoms with Gasteiger partial charge in [0.2, 0.25) is 0 Å². The maximum Gasteiger partial charge on any atom is 0.344 e. The number of Topliss-reactive ketones (excluding diaryl/α,β-unsaturated/α-hetero) is 1. The van der Waals surface area contributed by atoms with Gasteiger partial charge < -0.3 is 13.8 Å². The highest BCUT2D eigenvalue weighted by molar-refractivity contribution is 7.55. The molecule has 3 atom stereocenters. The van der Waals surface area contributed by atoms with Gasteiger partial charge in [0, 0.05) is 6.42 Å². The minimum Gasteiger partial charge on any atom is -0.454 e. The number of ketones is 1. The lowest BCUT2D eigenvalue weighted by Gasteiger charge is -2.28. The van der Waals surface area contributed by atoms with Gasteiger partial charge in [0.05, 0.1) is 13.2 Å². The second kappa shape index (κ2) is 8.06. The predicted octanol–water partition coefficient (Wildman–Crippen LogP) is 2.94. The van der Waals surface area contributed by atoms with E-state index in [9.17, 15) is 14.2 Å². The molecule has 0 bridgehead atoms. The topological polar surface area (TPSA) is 78.9 Å². The van der Waals surface area contributed by atoms with E-state index in [2.05, 4.69) is 0 Å². The highest BCUT2D eigenvalue weighted by atomic mass is 31.2. The fourth-order valence-corrected chi connectivity index (χ4v) is 3.83. The summed E-state index contributed by atoms with van der Waals surface area (Å²) < 4.78 is 28.0. The molecule has 0 saturated heterocycles. The number of ether oxygens (including phenoxy) is 1. The molecule has 0 spiro atoms. The van der Waals surface area contributed by atoms with Crippen molar-refractivity contribution in [2.24, 2.45) is 5.92 Å². The van der Waals surface area contributed by atoms with E-state index in [1.165, 1.54) is 6.92 Å². The summed E-state index contributed by atoms with van der Waals surface area (Å²) in [5.74, 6) is -0.439. The van der Waals surface area contributed by atoms with Crippen LogP contribution in [0.2, 0.25) is 0 Å². The Hall–Kier alpha value is -0.710. The molecule has 21 heavy (non-hydrogen) atoms.